The first-order valence-electron chi connectivity index (χ1n) is 5.67. The van der Waals surface area contributed by atoms with Crippen molar-refractivity contribution >= 4 is 29.5 Å². The molecule has 2 aliphatic rings. The monoisotopic (exact) mass is 297 g/mol. The first-order chi connectivity index (χ1) is 9.45. The summed E-state index contributed by atoms with van der Waals surface area (Å²) >= 11 is 1.26. The van der Waals surface area contributed by atoms with Gasteiger partial charge in [-0.2, -0.15) is 0 Å². The summed E-state index contributed by atoms with van der Waals surface area (Å²) in [4.78, 5) is 37.9. The first-order valence-corrected chi connectivity index (χ1v) is 6.61. The van der Waals surface area contributed by atoms with Gasteiger partial charge in [-0.1, -0.05) is 5.11 Å². The Hall–Kier alpha value is -2.19. The standard InChI is InChI=1S/C10H11N5O4S/c1-4(16)13-9-5(3-12-14-11)8(10(18)19)15-6(17)2-7(15)20-9/h7,9H,2-3H2,1H3,(H,13,16)(H,18,19). The molecule has 0 aliphatic carbocycles. The van der Waals surface area contributed by atoms with Crippen LogP contribution in [0.5, 0.6) is 0 Å². The third-order valence-corrected chi connectivity index (χ3v) is 4.27. The van der Waals surface area contributed by atoms with Crippen LogP contribution in [0, 0.1) is 0 Å². The molecule has 0 aromatic heterocycles. The molecule has 2 aliphatic heterocycles. The third-order valence-electron chi connectivity index (χ3n) is 2.90. The predicted octanol–water partition coefficient (Wildman–Crippen LogP) is 0.403. The van der Waals surface area contributed by atoms with E-state index < -0.39 is 11.3 Å². The Bertz CT molecular complexity index is 568. The van der Waals surface area contributed by atoms with Gasteiger partial charge >= 0.3 is 5.97 Å². The van der Waals surface area contributed by atoms with Crippen molar-refractivity contribution in [1.29, 1.82) is 0 Å². The fourth-order valence-corrected chi connectivity index (χ4v) is 3.58. The van der Waals surface area contributed by atoms with E-state index in [1.807, 2.05) is 0 Å². The minimum Gasteiger partial charge on any atom is -0.477 e. The van der Waals surface area contributed by atoms with Gasteiger partial charge < -0.3 is 10.4 Å². The fourth-order valence-electron chi connectivity index (χ4n) is 2.09. The number of hydrogen-bond donors (Lipinski definition) is 2. The molecule has 2 unspecified atom stereocenters. The lowest BCUT2D eigenvalue weighted by molar-refractivity contribution is -0.146. The number of fused-ring (bicyclic) bond motifs is 1. The lowest BCUT2D eigenvalue weighted by Crippen LogP contribution is -2.57. The normalized spacial score (nSPS) is 24.4. The summed E-state index contributed by atoms with van der Waals surface area (Å²) in [6.45, 7) is 1.09. The predicted molar refractivity (Wildman–Crippen MR) is 69.1 cm³/mol. The highest BCUT2D eigenvalue weighted by atomic mass is 32.2. The van der Waals surface area contributed by atoms with Gasteiger partial charge in [0.15, 0.2) is 0 Å². The number of nitrogens with one attached hydrogen (secondary N) is 1. The van der Waals surface area contributed by atoms with Crippen LogP contribution in [0.3, 0.4) is 0 Å². The summed E-state index contributed by atoms with van der Waals surface area (Å²) in [7, 11) is 0. The molecule has 2 heterocycles. The van der Waals surface area contributed by atoms with E-state index in [1.54, 1.807) is 0 Å². The Morgan fingerprint density at radius 2 is 2.35 bits per heavy atom. The van der Waals surface area contributed by atoms with Crippen molar-refractivity contribution in [3.63, 3.8) is 0 Å². The van der Waals surface area contributed by atoms with E-state index in [1.165, 1.54) is 23.6 Å². The molecule has 2 rings (SSSR count). The number of aliphatic carboxylic acids is 1. The number of hydrogen-bond acceptors (Lipinski definition) is 5. The minimum absolute atomic E-state index is 0.198. The van der Waals surface area contributed by atoms with Gasteiger partial charge in [0.25, 0.3) is 0 Å². The second-order valence-electron chi connectivity index (χ2n) is 4.21. The van der Waals surface area contributed by atoms with Gasteiger partial charge in [0.1, 0.15) is 11.1 Å². The Morgan fingerprint density at radius 3 is 2.85 bits per heavy atom. The summed E-state index contributed by atoms with van der Waals surface area (Å²) in [5.41, 5.74) is 8.41. The number of β-lactam (4-membered cyclic amide) rings is 1. The molecule has 0 saturated carbocycles. The number of nitrogens with zero attached hydrogens (tertiary/aromatic N) is 4. The van der Waals surface area contributed by atoms with Crippen molar-refractivity contribution in [3.05, 3.63) is 21.7 Å². The quantitative estimate of drug-likeness (QED) is 0.335. The SMILES string of the molecule is CC(=O)NC1SC2CC(=O)N2C(C(=O)O)=C1CN=[N+]=[N-]. The first kappa shape index (κ1) is 14.2. The Kier molecular flexibility index (Phi) is 3.86. The van der Waals surface area contributed by atoms with Crippen LogP contribution in [0.1, 0.15) is 13.3 Å². The molecule has 0 radical (unpaired) electrons. The number of thioether (sulfide) groups is 1. The molecule has 2 N–H and O–H groups in total. The van der Waals surface area contributed by atoms with Crippen LogP contribution in [0.25, 0.3) is 10.4 Å². The topological polar surface area (TPSA) is 135 Å². The van der Waals surface area contributed by atoms with E-state index in [9.17, 15) is 19.5 Å². The van der Waals surface area contributed by atoms with Gasteiger partial charge in [-0.3, -0.25) is 14.5 Å². The molecular formula is C10H11N5O4S. The number of amides is 2. The number of carbonyl (C=O) groups is 3. The molecule has 1 saturated heterocycles. The molecule has 0 bridgehead atoms. The highest BCUT2D eigenvalue weighted by molar-refractivity contribution is 8.00. The van der Waals surface area contributed by atoms with Crippen LogP contribution in [0.15, 0.2) is 16.4 Å². The summed E-state index contributed by atoms with van der Waals surface area (Å²) in [5.74, 6) is -1.90. The largest absolute Gasteiger partial charge is 0.477 e. The maximum absolute atomic E-state index is 11.6. The van der Waals surface area contributed by atoms with Crippen molar-refractivity contribution in [1.82, 2.24) is 10.2 Å². The van der Waals surface area contributed by atoms with Crippen molar-refractivity contribution in [2.75, 3.05) is 6.54 Å². The molecule has 0 aromatic rings. The van der Waals surface area contributed by atoms with Gasteiger partial charge in [0.05, 0.1) is 18.3 Å². The van der Waals surface area contributed by atoms with Crippen LogP contribution >= 0.6 is 11.8 Å². The summed E-state index contributed by atoms with van der Waals surface area (Å²) in [5, 5.41) is 14.3. The van der Waals surface area contributed by atoms with Crippen LogP contribution in [-0.4, -0.2) is 45.1 Å². The molecule has 20 heavy (non-hydrogen) atoms. The maximum atomic E-state index is 11.6. The Morgan fingerprint density at radius 1 is 1.65 bits per heavy atom. The second kappa shape index (κ2) is 5.43. The van der Waals surface area contributed by atoms with Gasteiger partial charge in [0, 0.05) is 11.8 Å². The van der Waals surface area contributed by atoms with Crippen LogP contribution < -0.4 is 5.32 Å². The van der Waals surface area contributed by atoms with Crippen LogP contribution in [0.2, 0.25) is 0 Å². The third kappa shape index (κ3) is 2.43. The van der Waals surface area contributed by atoms with Gasteiger partial charge in [-0.05, 0) is 11.1 Å². The number of rotatable bonds is 4. The van der Waals surface area contributed by atoms with Gasteiger partial charge in [-0.25, -0.2) is 4.79 Å². The number of carboxylic acid groups (broad SMARTS) is 1. The van der Waals surface area contributed by atoms with Crippen LogP contribution in [0.4, 0.5) is 0 Å². The Balaban J connectivity index is 2.45. The summed E-state index contributed by atoms with van der Waals surface area (Å²) in [6, 6.07) is 0. The van der Waals surface area contributed by atoms with Crippen LogP contribution in [-0.2, 0) is 14.4 Å². The fraction of sp³-hybridized carbons (Fsp3) is 0.500. The average Bonchev–Trinajstić information content (AvgIpc) is 2.35. The van der Waals surface area contributed by atoms with Gasteiger partial charge in [0.2, 0.25) is 11.8 Å². The maximum Gasteiger partial charge on any atom is 0.352 e. The van der Waals surface area contributed by atoms with Crippen molar-refractivity contribution in [2.24, 2.45) is 5.11 Å². The molecule has 0 spiro atoms. The summed E-state index contributed by atoms with van der Waals surface area (Å²) < 4.78 is 0. The lowest BCUT2D eigenvalue weighted by atomic mass is 10.1. The minimum atomic E-state index is -1.28. The van der Waals surface area contributed by atoms with Crippen molar-refractivity contribution in [3.8, 4) is 0 Å². The zero-order chi connectivity index (χ0) is 14.9. The van der Waals surface area contributed by atoms with E-state index in [0.29, 0.717) is 0 Å². The molecule has 9 nitrogen and oxygen atoms in total. The molecule has 2 amide bonds. The van der Waals surface area contributed by atoms with Gasteiger partial charge in [-0.15, -0.1) is 11.8 Å². The zero-order valence-corrected chi connectivity index (χ0v) is 11.3. The molecule has 0 aromatic carbocycles. The summed E-state index contributed by atoms with van der Waals surface area (Å²) in [6.07, 6.45) is 0.229. The molecule has 10 heteroatoms. The van der Waals surface area contributed by atoms with Crippen molar-refractivity contribution in [2.45, 2.75) is 24.1 Å². The van der Waals surface area contributed by atoms with E-state index in [2.05, 4.69) is 15.3 Å². The van der Waals surface area contributed by atoms with E-state index in [4.69, 9.17) is 5.53 Å². The number of carbonyl (C=O) groups excluding carboxylic acids is 2. The molecule has 2 atom stereocenters. The van der Waals surface area contributed by atoms with E-state index in [-0.39, 0.29) is 41.4 Å². The van der Waals surface area contributed by atoms with E-state index in [0.717, 1.165) is 0 Å². The lowest BCUT2D eigenvalue weighted by Gasteiger charge is -2.46. The highest BCUT2D eigenvalue weighted by Crippen LogP contribution is 2.43. The molecule has 1 fully saturated rings. The molecular weight excluding hydrogens is 286 g/mol. The van der Waals surface area contributed by atoms with E-state index >= 15 is 0 Å². The number of azide groups is 1. The highest BCUT2D eigenvalue weighted by Gasteiger charge is 2.48. The average molecular weight is 297 g/mol. The molecule has 106 valence electrons. The smallest absolute Gasteiger partial charge is 0.352 e. The zero-order valence-electron chi connectivity index (χ0n) is 10.4. The second-order valence-corrected chi connectivity index (χ2v) is 5.49. The number of carboxylic acids is 1. The van der Waals surface area contributed by atoms with Crippen molar-refractivity contribution < 1.29 is 19.5 Å². The Labute approximate surface area is 117 Å².